The van der Waals surface area contributed by atoms with Crippen molar-refractivity contribution in [1.29, 1.82) is 0 Å². The molecular formula is C13H24N2O2. The van der Waals surface area contributed by atoms with Crippen molar-refractivity contribution < 1.29 is 9.53 Å². The molecule has 1 heterocycles. The van der Waals surface area contributed by atoms with Crippen molar-refractivity contribution in [2.75, 3.05) is 26.7 Å². The van der Waals surface area contributed by atoms with Crippen molar-refractivity contribution in [2.45, 2.75) is 50.7 Å². The van der Waals surface area contributed by atoms with Crippen molar-refractivity contribution in [1.82, 2.24) is 10.2 Å². The van der Waals surface area contributed by atoms with Crippen LogP contribution in [0.4, 0.5) is 0 Å². The summed E-state index contributed by atoms with van der Waals surface area (Å²) in [5.74, 6) is 0.225. The van der Waals surface area contributed by atoms with Gasteiger partial charge in [0.05, 0.1) is 18.8 Å². The minimum absolute atomic E-state index is 0.0231. The van der Waals surface area contributed by atoms with Crippen LogP contribution in [0, 0.1) is 0 Å². The number of hydrogen-bond acceptors (Lipinski definition) is 3. The lowest BCUT2D eigenvalue weighted by atomic mass is 9.98. The van der Waals surface area contributed by atoms with Gasteiger partial charge in [-0.1, -0.05) is 19.3 Å². The van der Waals surface area contributed by atoms with Crippen LogP contribution in [0.3, 0.4) is 0 Å². The number of carbonyl (C=O) groups is 1. The summed E-state index contributed by atoms with van der Waals surface area (Å²) in [5, 5.41) is 3.29. The zero-order chi connectivity index (χ0) is 12.1. The second-order valence-corrected chi connectivity index (χ2v) is 5.19. The zero-order valence-electron chi connectivity index (χ0n) is 10.8. The highest BCUT2D eigenvalue weighted by Gasteiger charge is 2.28. The van der Waals surface area contributed by atoms with Gasteiger partial charge in [0.1, 0.15) is 0 Å². The Morgan fingerprint density at radius 3 is 2.71 bits per heavy atom. The van der Waals surface area contributed by atoms with E-state index in [0.717, 1.165) is 26.1 Å². The van der Waals surface area contributed by atoms with Gasteiger partial charge in [-0.2, -0.15) is 0 Å². The summed E-state index contributed by atoms with van der Waals surface area (Å²) < 4.78 is 5.82. The molecule has 98 valence electrons. The Morgan fingerprint density at radius 2 is 2.06 bits per heavy atom. The first kappa shape index (κ1) is 12.8. The number of rotatable bonds is 5. The number of ether oxygens (including phenoxy) is 1. The maximum absolute atomic E-state index is 11.6. The van der Waals surface area contributed by atoms with Gasteiger partial charge in [-0.3, -0.25) is 4.79 Å². The molecule has 0 radical (unpaired) electrons. The molecule has 0 spiro atoms. The first-order valence-electron chi connectivity index (χ1n) is 6.87. The van der Waals surface area contributed by atoms with Gasteiger partial charge >= 0.3 is 0 Å². The maximum Gasteiger partial charge on any atom is 0.239 e. The molecule has 0 aromatic heterocycles. The van der Waals surface area contributed by atoms with Crippen molar-refractivity contribution in [3.63, 3.8) is 0 Å². The summed E-state index contributed by atoms with van der Waals surface area (Å²) in [6.45, 7) is 2.40. The van der Waals surface area contributed by atoms with Crippen molar-refractivity contribution in [2.24, 2.45) is 0 Å². The first-order valence-corrected chi connectivity index (χ1v) is 6.87. The van der Waals surface area contributed by atoms with Crippen LogP contribution in [0.1, 0.15) is 38.5 Å². The van der Waals surface area contributed by atoms with E-state index in [9.17, 15) is 4.79 Å². The van der Waals surface area contributed by atoms with E-state index in [4.69, 9.17) is 4.74 Å². The Hall–Kier alpha value is -0.610. The molecule has 1 aliphatic heterocycles. The molecule has 17 heavy (non-hydrogen) atoms. The quantitative estimate of drug-likeness (QED) is 0.733. The highest BCUT2D eigenvalue weighted by molar-refractivity contribution is 5.83. The molecule has 2 rings (SSSR count). The maximum atomic E-state index is 11.6. The largest absolute Gasteiger partial charge is 0.377 e. The van der Waals surface area contributed by atoms with Crippen LogP contribution in [0.5, 0.6) is 0 Å². The minimum atomic E-state index is 0.0231. The number of likely N-dealkylation sites (N-methyl/N-ethyl adjacent to an activating group) is 1. The summed E-state index contributed by atoms with van der Waals surface area (Å²) in [7, 11) is 1.86. The molecule has 2 fully saturated rings. The lowest BCUT2D eigenvalue weighted by Crippen LogP contribution is -2.39. The molecule has 0 aromatic rings. The first-order chi connectivity index (χ1) is 8.27. The summed E-state index contributed by atoms with van der Waals surface area (Å²) in [6, 6.07) is 0.0231. The lowest BCUT2D eigenvalue weighted by molar-refractivity contribution is -0.128. The average molecular weight is 240 g/mol. The van der Waals surface area contributed by atoms with Crippen LogP contribution in [0.25, 0.3) is 0 Å². The topological polar surface area (TPSA) is 41.6 Å². The van der Waals surface area contributed by atoms with Crippen LogP contribution in [0.15, 0.2) is 0 Å². The fourth-order valence-electron chi connectivity index (χ4n) is 2.70. The summed E-state index contributed by atoms with van der Waals surface area (Å²) >= 11 is 0. The molecule has 4 heteroatoms. The number of hydrogen-bond donors (Lipinski definition) is 1. The van der Waals surface area contributed by atoms with E-state index in [0.29, 0.717) is 6.10 Å². The summed E-state index contributed by atoms with van der Waals surface area (Å²) in [4.78, 5) is 13.4. The fraction of sp³-hybridized carbons (Fsp3) is 0.923. The average Bonchev–Trinajstić information content (AvgIpc) is 2.67. The standard InChI is InChI=1S/C13H24N2O2/c1-15-9-7-12(13(15)16)14-8-10-17-11-5-3-2-4-6-11/h11-12,14H,2-10H2,1H3. The number of likely N-dealkylation sites (tertiary alicyclic amines) is 1. The van der Waals surface area contributed by atoms with Crippen LogP contribution >= 0.6 is 0 Å². The molecule has 0 aromatic carbocycles. The van der Waals surface area contributed by atoms with Crippen molar-refractivity contribution in [3.8, 4) is 0 Å². The van der Waals surface area contributed by atoms with Gasteiger partial charge in [0.25, 0.3) is 0 Å². The molecule has 4 nitrogen and oxygen atoms in total. The predicted octanol–water partition coefficient (Wildman–Crippen LogP) is 1.16. The zero-order valence-corrected chi connectivity index (χ0v) is 10.8. The second kappa shape index (κ2) is 6.36. The Kier molecular flexibility index (Phi) is 4.80. The van der Waals surface area contributed by atoms with E-state index in [1.54, 1.807) is 4.90 Å². The minimum Gasteiger partial charge on any atom is -0.377 e. The van der Waals surface area contributed by atoms with Gasteiger partial charge in [0.2, 0.25) is 5.91 Å². The summed E-state index contributed by atoms with van der Waals surface area (Å²) in [6.07, 6.45) is 7.80. The highest BCUT2D eigenvalue weighted by Crippen LogP contribution is 2.19. The van der Waals surface area contributed by atoms with E-state index in [2.05, 4.69) is 5.32 Å². The third-order valence-electron chi connectivity index (χ3n) is 3.83. The van der Waals surface area contributed by atoms with Crippen LogP contribution in [0.2, 0.25) is 0 Å². The van der Waals surface area contributed by atoms with E-state index in [-0.39, 0.29) is 11.9 Å². The van der Waals surface area contributed by atoms with Gasteiger partial charge in [0.15, 0.2) is 0 Å². The third kappa shape index (κ3) is 3.68. The smallest absolute Gasteiger partial charge is 0.239 e. The predicted molar refractivity (Wildman–Crippen MR) is 66.9 cm³/mol. The molecule has 2 aliphatic rings. The van der Waals surface area contributed by atoms with E-state index in [1.165, 1.54) is 32.1 Å². The molecule has 1 N–H and O–H groups in total. The molecular weight excluding hydrogens is 216 g/mol. The highest BCUT2D eigenvalue weighted by atomic mass is 16.5. The summed E-state index contributed by atoms with van der Waals surface area (Å²) in [5.41, 5.74) is 0. The molecule has 1 amide bonds. The molecule has 1 saturated carbocycles. The number of nitrogens with one attached hydrogen (secondary N) is 1. The normalized spacial score (nSPS) is 26.8. The van der Waals surface area contributed by atoms with Crippen LogP contribution in [-0.4, -0.2) is 49.7 Å². The molecule has 1 saturated heterocycles. The van der Waals surface area contributed by atoms with Gasteiger partial charge in [-0.15, -0.1) is 0 Å². The van der Waals surface area contributed by atoms with Crippen molar-refractivity contribution in [3.05, 3.63) is 0 Å². The Balaban J connectivity index is 1.55. The Bertz CT molecular complexity index is 252. The van der Waals surface area contributed by atoms with E-state index < -0.39 is 0 Å². The van der Waals surface area contributed by atoms with Gasteiger partial charge in [-0.05, 0) is 19.3 Å². The fourth-order valence-corrected chi connectivity index (χ4v) is 2.70. The SMILES string of the molecule is CN1CCC(NCCOC2CCCCC2)C1=O. The van der Waals surface area contributed by atoms with Crippen LogP contribution in [-0.2, 0) is 9.53 Å². The van der Waals surface area contributed by atoms with Crippen LogP contribution < -0.4 is 5.32 Å². The van der Waals surface area contributed by atoms with Gasteiger partial charge in [-0.25, -0.2) is 0 Å². The number of carbonyl (C=O) groups excluding carboxylic acids is 1. The second-order valence-electron chi connectivity index (χ2n) is 5.19. The Labute approximate surface area is 104 Å². The molecule has 0 bridgehead atoms. The molecule has 1 atom stereocenters. The third-order valence-corrected chi connectivity index (χ3v) is 3.83. The van der Waals surface area contributed by atoms with Gasteiger partial charge < -0.3 is 15.0 Å². The van der Waals surface area contributed by atoms with Crippen molar-refractivity contribution >= 4 is 5.91 Å². The van der Waals surface area contributed by atoms with Gasteiger partial charge in [0, 0.05) is 20.1 Å². The Morgan fingerprint density at radius 1 is 1.29 bits per heavy atom. The molecule has 1 aliphatic carbocycles. The number of amides is 1. The monoisotopic (exact) mass is 240 g/mol. The number of nitrogens with zero attached hydrogens (tertiary/aromatic N) is 1. The lowest BCUT2D eigenvalue weighted by Gasteiger charge is -2.22. The van der Waals surface area contributed by atoms with E-state index >= 15 is 0 Å². The molecule has 1 unspecified atom stereocenters. The van der Waals surface area contributed by atoms with E-state index in [1.807, 2.05) is 7.05 Å².